The average Bonchev–Trinajstić information content (AvgIpc) is 2.81. The first-order chi connectivity index (χ1) is 10.5. The van der Waals surface area contributed by atoms with Gasteiger partial charge in [0.25, 0.3) is 0 Å². The van der Waals surface area contributed by atoms with Crippen LogP contribution in [0.4, 0.5) is 0 Å². The normalized spacial score (nSPS) is 25.1. The molecule has 1 aromatic rings. The van der Waals surface area contributed by atoms with Crippen LogP contribution in [0, 0.1) is 5.92 Å². The van der Waals surface area contributed by atoms with E-state index < -0.39 is 5.97 Å². The fraction of sp³-hybridized carbons (Fsp3) is 0.706. The fourth-order valence-corrected chi connectivity index (χ4v) is 2.94. The second-order valence-electron chi connectivity index (χ2n) is 6.41. The van der Waals surface area contributed by atoms with E-state index in [4.69, 9.17) is 5.11 Å². The molecule has 3 atom stereocenters. The van der Waals surface area contributed by atoms with E-state index in [9.17, 15) is 4.79 Å². The summed E-state index contributed by atoms with van der Waals surface area (Å²) in [7, 11) is 0. The molecule has 0 aromatic carbocycles. The van der Waals surface area contributed by atoms with Gasteiger partial charge in [0, 0.05) is 18.4 Å². The maximum absolute atomic E-state index is 10.8. The van der Waals surface area contributed by atoms with Crippen LogP contribution in [0.5, 0.6) is 0 Å². The van der Waals surface area contributed by atoms with Gasteiger partial charge < -0.3 is 9.67 Å². The summed E-state index contributed by atoms with van der Waals surface area (Å²) in [6, 6.07) is 2.76. The molecule has 2 rings (SSSR count). The van der Waals surface area contributed by atoms with E-state index in [1.165, 1.54) is 17.7 Å². The van der Waals surface area contributed by atoms with Crippen molar-refractivity contribution in [1.29, 1.82) is 0 Å². The Kier molecular flexibility index (Phi) is 5.75. The van der Waals surface area contributed by atoms with E-state index >= 15 is 0 Å². The number of aromatic nitrogens is 1. The molecule has 0 aliphatic carbocycles. The highest BCUT2D eigenvalue weighted by atomic mass is 16.4. The number of azo groups is 1. The number of hydrogen-bond donors (Lipinski definition) is 1. The molecule has 0 saturated carbocycles. The zero-order valence-corrected chi connectivity index (χ0v) is 13.8. The number of carboxylic acids is 1. The van der Waals surface area contributed by atoms with E-state index in [1.54, 1.807) is 0 Å². The van der Waals surface area contributed by atoms with Gasteiger partial charge in [-0.1, -0.05) is 13.8 Å². The first-order valence-corrected chi connectivity index (χ1v) is 8.29. The molecule has 0 spiro atoms. The Morgan fingerprint density at radius 3 is 2.82 bits per heavy atom. The van der Waals surface area contributed by atoms with Crippen LogP contribution in [0.3, 0.4) is 0 Å². The highest BCUT2D eigenvalue weighted by Crippen LogP contribution is 2.24. The summed E-state index contributed by atoms with van der Waals surface area (Å²) < 4.78 is 2.07. The van der Waals surface area contributed by atoms with Gasteiger partial charge >= 0.3 is 5.97 Å². The van der Waals surface area contributed by atoms with Crippen LogP contribution in [-0.4, -0.2) is 27.7 Å². The Labute approximate surface area is 132 Å². The lowest BCUT2D eigenvalue weighted by molar-refractivity contribution is -0.137. The number of aryl methyl sites for hydroxylation is 2. The highest BCUT2D eigenvalue weighted by molar-refractivity contribution is 5.66. The van der Waals surface area contributed by atoms with Crippen LogP contribution in [0.2, 0.25) is 0 Å². The zero-order chi connectivity index (χ0) is 16.1. The lowest BCUT2D eigenvalue weighted by Crippen LogP contribution is -2.10. The predicted molar refractivity (Wildman–Crippen MR) is 86.3 cm³/mol. The van der Waals surface area contributed by atoms with Gasteiger partial charge in [0.2, 0.25) is 0 Å². The first-order valence-electron chi connectivity index (χ1n) is 8.29. The molecule has 2 heterocycles. The van der Waals surface area contributed by atoms with E-state index in [1.807, 2.05) is 0 Å². The van der Waals surface area contributed by atoms with Crippen molar-refractivity contribution in [3.8, 4) is 0 Å². The molecule has 0 saturated heterocycles. The summed E-state index contributed by atoms with van der Waals surface area (Å²) in [4.78, 5) is 10.8. The number of rotatable bonds is 6. The van der Waals surface area contributed by atoms with Gasteiger partial charge in [0.05, 0.1) is 18.5 Å². The van der Waals surface area contributed by atoms with Crippen molar-refractivity contribution in [2.24, 2.45) is 16.1 Å². The summed E-state index contributed by atoms with van der Waals surface area (Å²) in [5, 5.41) is 17.8. The minimum atomic E-state index is -0.752. The predicted octanol–water partition coefficient (Wildman–Crippen LogP) is 3.71. The molecule has 3 unspecified atom stereocenters. The summed E-state index contributed by atoms with van der Waals surface area (Å²) in [5.74, 6) is -0.155. The van der Waals surface area contributed by atoms with Crippen molar-refractivity contribution in [1.82, 2.24) is 4.57 Å². The van der Waals surface area contributed by atoms with Gasteiger partial charge in [-0.05, 0) is 50.2 Å². The van der Waals surface area contributed by atoms with Crippen LogP contribution in [0.15, 0.2) is 22.5 Å². The lowest BCUT2D eigenvalue weighted by atomic mass is 9.95. The summed E-state index contributed by atoms with van der Waals surface area (Å²) in [6.07, 6.45) is 6.32. The zero-order valence-electron chi connectivity index (χ0n) is 13.8. The average molecular weight is 305 g/mol. The number of carboxylic acid groups (broad SMARTS) is 1. The SMILES string of the molecule is CCc1cc(CC2CCC(C)C(C)N=N2)cn1CCC(=O)O. The smallest absolute Gasteiger partial charge is 0.305 e. The van der Waals surface area contributed by atoms with Crippen LogP contribution in [-0.2, 0) is 24.2 Å². The fourth-order valence-electron chi connectivity index (χ4n) is 2.94. The third kappa shape index (κ3) is 4.42. The largest absolute Gasteiger partial charge is 0.481 e. The van der Waals surface area contributed by atoms with Gasteiger partial charge in [-0.2, -0.15) is 10.2 Å². The summed E-state index contributed by atoms with van der Waals surface area (Å²) in [6.45, 7) is 7.02. The van der Waals surface area contributed by atoms with Crippen molar-refractivity contribution in [2.75, 3.05) is 0 Å². The molecule has 0 bridgehead atoms. The Hall–Kier alpha value is -1.65. The maximum atomic E-state index is 10.8. The van der Waals surface area contributed by atoms with E-state index in [-0.39, 0.29) is 12.5 Å². The van der Waals surface area contributed by atoms with E-state index in [2.05, 4.69) is 47.8 Å². The monoisotopic (exact) mass is 305 g/mol. The number of carbonyl (C=O) groups is 1. The Morgan fingerprint density at radius 1 is 1.36 bits per heavy atom. The minimum absolute atomic E-state index is 0.166. The second-order valence-corrected chi connectivity index (χ2v) is 6.41. The van der Waals surface area contributed by atoms with Crippen LogP contribution in [0.1, 0.15) is 51.3 Å². The van der Waals surface area contributed by atoms with Crippen molar-refractivity contribution in [2.45, 2.75) is 71.5 Å². The summed E-state index contributed by atoms with van der Waals surface area (Å²) >= 11 is 0. The highest BCUT2D eigenvalue weighted by Gasteiger charge is 2.20. The van der Waals surface area contributed by atoms with E-state index in [0.29, 0.717) is 18.5 Å². The molecule has 0 amide bonds. The van der Waals surface area contributed by atoms with Gasteiger partial charge in [0.1, 0.15) is 0 Å². The molecule has 0 fully saturated rings. The van der Waals surface area contributed by atoms with Gasteiger partial charge in [-0.15, -0.1) is 0 Å². The quantitative estimate of drug-likeness (QED) is 0.870. The molecule has 1 aliphatic heterocycles. The molecular weight excluding hydrogens is 278 g/mol. The second kappa shape index (κ2) is 7.56. The summed E-state index contributed by atoms with van der Waals surface area (Å²) in [5.41, 5.74) is 2.44. The maximum Gasteiger partial charge on any atom is 0.305 e. The molecule has 5 nitrogen and oxygen atoms in total. The first kappa shape index (κ1) is 16.7. The van der Waals surface area contributed by atoms with Gasteiger partial charge in [0.15, 0.2) is 0 Å². The standard InChI is InChI=1S/C17H27N3O2/c1-4-16-10-14(11-20(16)8-7-17(21)22)9-15-6-5-12(2)13(3)18-19-15/h10-13,15H,4-9H2,1-3H3,(H,21,22). The topological polar surface area (TPSA) is 67.0 Å². The molecular formula is C17H27N3O2. The number of aliphatic carboxylic acids is 1. The molecule has 0 radical (unpaired) electrons. The van der Waals surface area contributed by atoms with Crippen LogP contribution < -0.4 is 0 Å². The van der Waals surface area contributed by atoms with Crippen LogP contribution >= 0.6 is 0 Å². The van der Waals surface area contributed by atoms with E-state index in [0.717, 1.165) is 19.3 Å². The Bertz CT molecular complexity index is 536. The number of hydrogen-bond acceptors (Lipinski definition) is 3. The van der Waals surface area contributed by atoms with Crippen molar-refractivity contribution in [3.05, 3.63) is 23.5 Å². The molecule has 122 valence electrons. The molecule has 1 aliphatic rings. The molecule has 5 heteroatoms. The number of nitrogens with zero attached hydrogens (tertiary/aromatic N) is 3. The third-order valence-corrected chi connectivity index (χ3v) is 4.63. The molecule has 1 aromatic heterocycles. The van der Waals surface area contributed by atoms with Gasteiger partial charge in [-0.3, -0.25) is 4.79 Å². The molecule has 1 N–H and O–H groups in total. The lowest BCUT2D eigenvalue weighted by Gasteiger charge is -2.11. The van der Waals surface area contributed by atoms with Crippen molar-refractivity contribution >= 4 is 5.97 Å². The van der Waals surface area contributed by atoms with Crippen LogP contribution in [0.25, 0.3) is 0 Å². The molecule has 22 heavy (non-hydrogen) atoms. The minimum Gasteiger partial charge on any atom is -0.481 e. The van der Waals surface area contributed by atoms with Gasteiger partial charge in [-0.25, -0.2) is 0 Å². The Balaban J connectivity index is 2.03. The third-order valence-electron chi connectivity index (χ3n) is 4.63. The van der Waals surface area contributed by atoms with Crippen molar-refractivity contribution < 1.29 is 9.90 Å². The van der Waals surface area contributed by atoms with Crippen molar-refractivity contribution in [3.63, 3.8) is 0 Å². The Morgan fingerprint density at radius 2 is 2.14 bits per heavy atom.